The lowest BCUT2D eigenvalue weighted by Gasteiger charge is -2.23. The van der Waals surface area contributed by atoms with E-state index in [0.717, 1.165) is 5.56 Å². The van der Waals surface area contributed by atoms with Crippen LogP contribution in [0.2, 0.25) is 0 Å². The lowest BCUT2D eigenvalue weighted by atomic mass is 9.95. The third kappa shape index (κ3) is 4.42. The molecule has 8 heteroatoms. The van der Waals surface area contributed by atoms with Crippen molar-refractivity contribution in [2.24, 2.45) is 0 Å². The zero-order valence-corrected chi connectivity index (χ0v) is 19.9. The minimum absolute atomic E-state index is 0.0734. The number of hydrogen-bond acceptors (Lipinski definition) is 6. The fourth-order valence-corrected chi connectivity index (χ4v) is 4.21. The fourth-order valence-electron chi connectivity index (χ4n) is 4.21. The number of ketones is 1. The first kappa shape index (κ1) is 23.8. The molecule has 4 rings (SSSR count). The largest absolute Gasteiger partial charge is 0.507 e. The Bertz CT molecular complexity index is 1310. The highest BCUT2D eigenvalue weighted by Crippen LogP contribution is 2.43. The molecular formula is C27H26N2O6. The van der Waals surface area contributed by atoms with Gasteiger partial charge in [0.05, 0.1) is 18.9 Å². The van der Waals surface area contributed by atoms with Gasteiger partial charge in [-0.1, -0.05) is 13.8 Å². The monoisotopic (exact) mass is 474 g/mol. The van der Waals surface area contributed by atoms with Gasteiger partial charge in [0.15, 0.2) is 0 Å². The molecule has 1 atom stereocenters. The summed E-state index contributed by atoms with van der Waals surface area (Å²) >= 11 is 0. The molecule has 0 radical (unpaired) electrons. The van der Waals surface area contributed by atoms with Gasteiger partial charge in [0.1, 0.15) is 23.3 Å². The SMILES string of the molecule is COc1ccc(/C(O)=C2/C(=O)C(=O)N(c3ccc(NC(C)=O)cc3)C2c2ccco2)cc1C(C)C. The lowest BCUT2D eigenvalue weighted by Crippen LogP contribution is -2.29. The van der Waals surface area contributed by atoms with Gasteiger partial charge in [-0.3, -0.25) is 19.3 Å². The molecule has 1 unspecified atom stereocenters. The second-order valence-corrected chi connectivity index (χ2v) is 8.52. The van der Waals surface area contributed by atoms with Crippen LogP contribution in [0.4, 0.5) is 11.4 Å². The number of nitrogens with one attached hydrogen (secondary N) is 1. The maximum Gasteiger partial charge on any atom is 0.300 e. The van der Waals surface area contributed by atoms with Crippen LogP contribution >= 0.6 is 0 Å². The Morgan fingerprint density at radius 2 is 1.83 bits per heavy atom. The number of anilines is 2. The molecule has 1 aliphatic rings. The number of aliphatic hydroxyl groups excluding tert-OH is 1. The molecule has 2 heterocycles. The number of carbonyl (C=O) groups excluding carboxylic acids is 3. The molecule has 0 spiro atoms. The average molecular weight is 475 g/mol. The van der Waals surface area contributed by atoms with Crippen molar-refractivity contribution >= 4 is 34.7 Å². The maximum absolute atomic E-state index is 13.2. The highest BCUT2D eigenvalue weighted by molar-refractivity contribution is 6.51. The highest BCUT2D eigenvalue weighted by Gasteiger charge is 2.48. The van der Waals surface area contributed by atoms with Crippen molar-refractivity contribution in [3.63, 3.8) is 0 Å². The van der Waals surface area contributed by atoms with E-state index in [-0.39, 0.29) is 23.2 Å². The van der Waals surface area contributed by atoms with Crippen molar-refractivity contribution in [1.82, 2.24) is 0 Å². The summed E-state index contributed by atoms with van der Waals surface area (Å²) in [6.45, 7) is 5.38. The van der Waals surface area contributed by atoms with Gasteiger partial charge in [0.25, 0.3) is 11.7 Å². The second kappa shape index (κ2) is 9.50. The lowest BCUT2D eigenvalue weighted by molar-refractivity contribution is -0.132. The molecule has 1 fully saturated rings. The summed E-state index contributed by atoms with van der Waals surface area (Å²) in [7, 11) is 1.57. The maximum atomic E-state index is 13.2. The predicted octanol–water partition coefficient (Wildman–Crippen LogP) is 5.00. The predicted molar refractivity (Wildman–Crippen MR) is 131 cm³/mol. The van der Waals surface area contributed by atoms with Crippen LogP contribution in [0.25, 0.3) is 5.76 Å². The molecule has 0 saturated carbocycles. The Balaban J connectivity index is 1.85. The van der Waals surface area contributed by atoms with E-state index >= 15 is 0 Å². The zero-order chi connectivity index (χ0) is 25.3. The number of aliphatic hydroxyl groups is 1. The highest BCUT2D eigenvalue weighted by atomic mass is 16.5. The molecule has 0 aliphatic carbocycles. The van der Waals surface area contributed by atoms with Gasteiger partial charge < -0.3 is 19.6 Å². The van der Waals surface area contributed by atoms with E-state index in [1.165, 1.54) is 18.1 Å². The molecule has 8 nitrogen and oxygen atoms in total. The van der Waals surface area contributed by atoms with Crippen LogP contribution in [0.5, 0.6) is 5.75 Å². The van der Waals surface area contributed by atoms with E-state index in [1.807, 2.05) is 13.8 Å². The zero-order valence-electron chi connectivity index (χ0n) is 19.9. The molecule has 2 N–H and O–H groups in total. The number of amides is 2. The van der Waals surface area contributed by atoms with E-state index in [1.54, 1.807) is 61.7 Å². The van der Waals surface area contributed by atoms with Crippen LogP contribution in [0.15, 0.2) is 70.9 Å². The summed E-state index contributed by atoms with van der Waals surface area (Å²) < 4.78 is 11.0. The Labute approximate surface area is 202 Å². The Hall–Kier alpha value is -4.33. The molecule has 1 aromatic heterocycles. The first-order valence-corrected chi connectivity index (χ1v) is 11.1. The number of carbonyl (C=O) groups is 3. The normalized spacial score (nSPS) is 17.2. The third-order valence-corrected chi connectivity index (χ3v) is 5.85. The number of furan rings is 1. The van der Waals surface area contributed by atoms with Gasteiger partial charge in [0, 0.05) is 23.9 Å². The van der Waals surface area contributed by atoms with Crippen LogP contribution in [0.1, 0.15) is 49.6 Å². The first-order chi connectivity index (χ1) is 16.7. The number of ether oxygens (including phenoxy) is 1. The van der Waals surface area contributed by atoms with Crippen molar-refractivity contribution in [2.45, 2.75) is 32.7 Å². The number of nitrogens with zero attached hydrogens (tertiary/aromatic N) is 1. The van der Waals surface area contributed by atoms with Crippen molar-refractivity contribution < 1.29 is 28.6 Å². The summed E-state index contributed by atoms with van der Waals surface area (Å²) in [4.78, 5) is 39.1. The van der Waals surface area contributed by atoms with Crippen molar-refractivity contribution in [2.75, 3.05) is 17.3 Å². The summed E-state index contributed by atoms with van der Waals surface area (Å²) in [6, 6.07) is 14.0. The molecular weight excluding hydrogens is 448 g/mol. The van der Waals surface area contributed by atoms with Gasteiger partial charge >= 0.3 is 0 Å². The van der Waals surface area contributed by atoms with Crippen LogP contribution in [0, 0.1) is 0 Å². The molecule has 3 aromatic rings. The van der Waals surface area contributed by atoms with E-state index in [4.69, 9.17) is 9.15 Å². The average Bonchev–Trinajstić information content (AvgIpc) is 3.45. The number of benzene rings is 2. The van der Waals surface area contributed by atoms with Crippen LogP contribution in [-0.4, -0.2) is 29.8 Å². The van der Waals surface area contributed by atoms with Gasteiger partial charge in [-0.15, -0.1) is 0 Å². The minimum Gasteiger partial charge on any atom is -0.507 e. The topological polar surface area (TPSA) is 109 Å². The summed E-state index contributed by atoms with van der Waals surface area (Å²) in [5, 5.41) is 14.0. The van der Waals surface area contributed by atoms with Crippen molar-refractivity contribution in [3.05, 3.63) is 83.3 Å². The van der Waals surface area contributed by atoms with Crippen molar-refractivity contribution in [3.8, 4) is 5.75 Å². The second-order valence-electron chi connectivity index (χ2n) is 8.52. The quantitative estimate of drug-likeness (QED) is 0.296. The van der Waals surface area contributed by atoms with Gasteiger partial charge in [0.2, 0.25) is 5.91 Å². The van der Waals surface area contributed by atoms with E-state index in [2.05, 4.69) is 5.32 Å². The summed E-state index contributed by atoms with van der Waals surface area (Å²) in [5.74, 6) is -1.05. The molecule has 1 saturated heterocycles. The summed E-state index contributed by atoms with van der Waals surface area (Å²) in [6.07, 6.45) is 1.44. The molecule has 1 aliphatic heterocycles. The van der Waals surface area contributed by atoms with Gasteiger partial charge in [-0.2, -0.15) is 0 Å². The summed E-state index contributed by atoms with van der Waals surface area (Å²) in [5.41, 5.74) is 2.14. The van der Waals surface area contributed by atoms with Crippen molar-refractivity contribution in [1.29, 1.82) is 0 Å². The Morgan fingerprint density at radius 1 is 1.11 bits per heavy atom. The first-order valence-electron chi connectivity index (χ1n) is 11.1. The molecule has 35 heavy (non-hydrogen) atoms. The van der Waals surface area contributed by atoms with Gasteiger partial charge in [-0.25, -0.2) is 0 Å². The van der Waals surface area contributed by atoms with E-state index in [9.17, 15) is 19.5 Å². The van der Waals surface area contributed by atoms with Crippen LogP contribution in [0.3, 0.4) is 0 Å². The van der Waals surface area contributed by atoms with Gasteiger partial charge in [-0.05, 0) is 66.1 Å². The number of methoxy groups -OCH3 is 1. The number of rotatable bonds is 6. The Morgan fingerprint density at radius 3 is 2.40 bits per heavy atom. The van der Waals surface area contributed by atoms with Crippen LogP contribution < -0.4 is 15.0 Å². The van der Waals surface area contributed by atoms with E-state index < -0.39 is 17.7 Å². The van der Waals surface area contributed by atoms with E-state index in [0.29, 0.717) is 28.4 Å². The Kier molecular flexibility index (Phi) is 6.46. The number of hydrogen-bond donors (Lipinski definition) is 2. The molecule has 0 bridgehead atoms. The van der Waals surface area contributed by atoms with Crippen LogP contribution in [-0.2, 0) is 14.4 Å². The minimum atomic E-state index is -0.971. The fraction of sp³-hybridized carbons (Fsp3) is 0.222. The number of Topliss-reactive ketones (excluding diaryl/α,β-unsaturated/α-hetero) is 1. The molecule has 180 valence electrons. The molecule has 2 aromatic carbocycles. The standard InChI is InChI=1S/C27H26N2O6/c1-15(2)20-14-17(7-12-21(20)34-4)25(31)23-24(22-6-5-13-35-22)29(27(33)26(23)32)19-10-8-18(9-11-19)28-16(3)30/h5-15,24,31H,1-4H3,(H,28,30)/b25-23-. The third-order valence-electron chi connectivity index (χ3n) is 5.85. The smallest absolute Gasteiger partial charge is 0.300 e. The molecule has 2 amide bonds.